The zero-order valence-corrected chi connectivity index (χ0v) is 16.1. The van der Waals surface area contributed by atoms with E-state index in [1.54, 1.807) is 4.90 Å². The molecule has 2 unspecified atom stereocenters. The number of hydrogen-bond acceptors (Lipinski definition) is 6. The summed E-state index contributed by atoms with van der Waals surface area (Å²) in [6.45, 7) is -0.0258. The average molecular weight is 380 g/mol. The van der Waals surface area contributed by atoms with Gasteiger partial charge in [-0.2, -0.15) is 13.2 Å². The summed E-state index contributed by atoms with van der Waals surface area (Å²) in [5, 5.41) is 13.8. The monoisotopic (exact) mass is 380 g/mol. The number of hydrogen-bond donors (Lipinski definition) is 1. The Bertz CT molecular complexity index is 667. The summed E-state index contributed by atoms with van der Waals surface area (Å²) in [4.78, 5) is 31.7. The van der Waals surface area contributed by atoms with Gasteiger partial charge in [0.15, 0.2) is 0 Å². The maximum absolute atomic E-state index is 12.4. The third-order valence-electron chi connectivity index (χ3n) is 4.40. The maximum Gasteiger partial charge on any atom is 1.00 e. The SMILES string of the molecule is O=C([O-])C1CCC(C(=O)NCc2cnc(C(F)(F)F)nc2)N1C1CC1.[Na+]. The van der Waals surface area contributed by atoms with Gasteiger partial charge >= 0.3 is 35.7 Å². The molecule has 1 amide bonds. The van der Waals surface area contributed by atoms with Crippen molar-refractivity contribution in [3.63, 3.8) is 0 Å². The van der Waals surface area contributed by atoms with Gasteiger partial charge in [0.25, 0.3) is 0 Å². The Hall–Kier alpha value is -1.23. The predicted octanol–water partition coefficient (Wildman–Crippen LogP) is -3.14. The molecule has 2 fully saturated rings. The van der Waals surface area contributed by atoms with Gasteiger partial charge in [0, 0.05) is 30.5 Å². The van der Waals surface area contributed by atoms with Crippen molar-refractivity contribution in [3.8, 4) is 0 Å². The van der Waals surface area contributed by atoms with Crippen LogP contribution in [0.3, 0.4) is 0 Å². The number of carboxylic acids is 1. The first-order chi connectivity index (χ1) is 11.8. The summed E-state index contributed by atoms with van der Waals surface area (Å²) in [6.07, 6.45) is -0.150. The molecule has 1 saturated carbocycles. The van der Waals surface area contributed by atoms with E-state index < -0.39 is 30.1 Å². The Morgan fingerprint density at radius 3 is 2.23 bits per heavy atom. The molecular weight excluding hydrogens is 364 g/mol. The van der Waals surface area contributed by atoms with E-state index in [0.29, 0.717) is 18.4 Å². The molecule has 0 spiro atoms. The van der Waals surface area contributed by atoms with E-state index in [0.717, 1.165) is 25.2 Å². The second kappa shape index (κ2) is 8.20. The molecule has 0 radical (unpaired) electrons. The zero-order chi connectivity index (χ0) is 18.2. The first-order valence-electron chi connectivity index (χ1n) is 7.91. The van der Waals surface area contributed by atoms with Gasteiger partial charge in [0.1, 0.15) is 0 Å². The van der Waals surface area contributed by atoms with Crippen LogP contribution < -0.4 is 40.0 Å². The maximum atomic E-state index is 12.4. The fraction of sp³-hybridized carbons (Fsp3) is 0.600. The molecule has 136 valence electrons. The molecule has 11 heteroatoms. The van der Waals surface area contributed by atoms with E-state index in [-0.39, 0.29) is 48.1 Å². The number of alkyl halides is 3. The number of nitrogens with zero attached hydrogens (tertiary/aromatic N) is 3. The van der Waals surface area contributed by atoms with Gasteiger partial charge in [-0.1, -0.05) is 0 Å². The van der Waals surface area contributed by atoms with Gasteiger partial charge in [-0.25, -0.2) is 9.97 Å². The average Bonchev–Trinajstić information content (AvgIpc) is 3.29. The molecule has 2 aliphatic rings. The van der Waals surface area contributed by atoms with Crippen molar-refractivity contribution in [2.24, 2.45) is 0 Å². The quantitative estimate of drug-likeness (QED) is 0.543. The van der Waals surface area contributed by atoms with E-state index in [2.05, 4.69) is 15.3 Å². The van der Waals surface area contributed by atoms with Gasteiger partial charge in [0.2, 0.25) is 11.7 Å². The minimum Gasteiger partial charge on any atom is -0.548 e. The number of aliphatic carboxylic acids is 1. The summed E-state index contributed by atoms with van der Waals surface area (Å²) < 4.78 is 37.2. The van der Waals surface area contributed by atoms with Gasteiger partial charge in [0.05, 0.1) is 18.1 Å². The molecule has 2 atom stereocenters. The first-order valence-corrected chi connectivity index (χ1v) is 7.91. The summed E-state index contributed by atoms with van der Waals surface area (Å²) in [5.41, 5.74) is 0.328. The van der Waals surface area contributed by atoms with Crippen molar-refractivity contribution in [1.82, 2.24) is 20.2 Å². The number of halogens is 3. The van der Waals surface area contributed by atoms with E-state index in [1.165, 1.54) is 0 Å². The van der Waals surface area contributed by atoms with Crippen LogP contribution in [0.4, 0.5) is 13.2 Å². The van der Waals surface area contributed by atoms with E-state index >= 15 is 0 Å². The van der Waals surface area contributed by atoms with Crippen LogP contribution in [-0.2, 0) is 22.3 Å². The third-order valence-corrected chi connectivity index (χ3v) is 4.40. The van der Waals surface area contributed by atoms with Crippen LogP contribution in [0, 0.1) is 0 Å². The molecule has 0 bridgehead atoms. The van der Waals surface area contributed by atoms with Crippen LogP contribution in [0.15, 0.2) is 12.4 Å². The third kappa shape index (κ3) is 4.73. The standard InChI is InChI=1S/C15H17F3N4O3.Na/c16-15(17,18)14-20-6-8(7-21-14)5-19-12(23)10-3-4-11(13(24)25)22(10)9-1-2-9;/h6-7,9-11H,1-5H2,(H,19,23)(H,24,25);/q;+1/p-1. The second-order valence-electron chi connectivity index (χ2n) is 6.24. The summed E-state index contributed by atoms with van der Waals surface area (Å²) in [5.74, 6) is -2.77. The van der Waals surface area contributed by atoms with Crippen molar-refractivity contribution >= 4 is 11.9 Å². The number of carbonyl (C=O) groups excluding carboxylic acids is 2. The second-order valence-corrected chi connectivity index (χ2v) is 6.24. The molecule has 2 heterocycles. The van der Waals surface area contributed by atoms with E-state index in [9.17, 15) is 27.9 Å². The zero-order valence-electron chi connectivity index (χ0n) is 14.1. The minimum absolute atomic E-state index is 0. The number of rotatable bonds is 5. The summed E-state index contributed by atoms with van der Waals surface area (Å²) in [6, 6.07) is -1.25. The minimum atomic E-state index is -4.61. The molecule has 1 aromatic rings. The Kier molecular flexibility index (Phi) is 6.65. The normalized spacial score (nSPS) is 23.3. The molecule has 3 rings (SSSR count). The topological polar surface area (TPSA) is 98.2 Å². The largest absolute Gasteiger partial charge is 1.00 e. The molecule has 26 heavy (non-hydrogen) atoms. The van der Waals surface area contributed by atoms with Crippen LogP contribution in [0.5, 0.6) is 0 Å². The number of amides is 1. The molecular formula is C15H16F3N4NaO3. The number of nitrogens with one attached hydrogen (secondary N) is 1. The van der Waals surface area contributed by atoms with Gasteiger partial charge < -0.3 is 15.2 Å². The van der Waals surface area contributed by atoms with Gasteiger partial charge in [-0.05, 0) is 25.7 Å². The molecule has 1 aliphatic heterocycles. The molecule has 0 aromatic carbocycles. The van der Waals surface area contributed by atoms with Crippen LogP contribution >= 0.6 is 0 Å². The van der Waals surface area contributed by atoms with Crippen LogP contribution in [0.1, 0.15) is 37.1 Å². The molecule has 1 saturated heterocycles. The van der Waals surface area contributed by atoms with Crippen molar-refractivity contribution in [1.29, 1.82) is 0 Å². The predicted molar refractivity (Wildman–Crippen MR) is 75.6 cm³/mol. The van der Waals surface area contributed by atoms with Crippen molar-refractivity contribution < 1.29 is 57.4 Å². The van der Waals surface area contributed by atoms with Crippen LogP contribution in [-0.4, -0.2) is 44.9 Å². The van der Waals surface area contributed by atoms with Gasteiger partial charge in [-0.15, -0.1) is 0 Å². The Labute approximate surface area is 169 Å². The number of carboxylic acid groups (broad SMARTS) is 1. The Balaban J connectivity index is 0.00000243. The Morgan fingerprint density at radius 2 is 1.73 bits per heavy atom. The van der Waals surface area contributed by atoms with E-state index in [1.807, 2.05) is 0 Å². The first kappa shape index (κ1) is 21.1. The number of carbonyl (C=O) groups is 2. The molecule has 1 aliphatic carbocycles. The van der Waals surface area contributed by atoms with Crippen molar-refractivity contribution in [2.75, 3.05) is 0 Å². The molecule has 1 aromatic heterocycles. The fourth-order valence-electron chi connectivity index (χ4n) is 3.12. The summed E-state index contributed by atoms with van der Waals surface area (Å²) >= 11 is 0. The van der Waals surface area contributed by atoms with Crippen LogP contribution in [0.25, 0.3) is 0 Å². The van der Waals surface area contributed by atoms with Crippen molar-refractivity contribution in [3.05, 3.63) is 23.8 Å². The van der Waals surface area contributed by atoms with E-state index in [4.69, 9.17) is 0 Å². The number of aromatic nitrogens is 2. The Morgan fingerprint density at radius 1 is 1.15 bits per heavy atom. The fourth-order valence-corrected chi connectivity index (χ4v) is 3.12. The smallest absolute Gasteiger partial charge is 0.548 e. The van der Waals surface area contributed by atoms with Gasteiger partial charge in [-0.3, -0.25) is 9.69 Å². The van der Waals surface area contributed by atoms with Crippen LogP contribution in [0.2, 0.25) is 0 Å². The molecule has 1 N–H and O–H groups in total. The summed E-state index contributed by atoms with van der Waals surface area (Å²) in [7, 11) is 0. The number of likely N-dealkylation sites (tertiary alicyclic amines) is 1. The van der Waals surface area contributed by atoms with Crippen molar-refractivity contribution in [2.45, 2.75) is 56.5 Å². The molecule has 7 nitrogen and oxygen atoms in total.